The lowest BCUT2D eigenvalue weighted by molar-refractivity contribution is -0.125. The van der Waals surface area contributed by atoms with Crippen LogP contribution < -0.4 is 5.32 Å². The van der Waals surface area contributed by atoms with Gasteiger partial charge in [-0.1, -0.05) is 33.2 Å². The summed E-state index contributed by atoms with van der Waals surface area (Å²) in [5, 5.41) is 15.4. The van der Waals surface area contributed by atoms with Gasteiger partial charge in [0.1, 0.15) is 0 Å². The number of nitrogens with one attached hydrogen (secondary N) is 1. The van der Waals surface area contributed by atoms with Crippen LogP contribution in [-0.2, 0) is 22.7 Å². The standard InChI is InChI=1S/C19H19BrN6O2/c1-2-25-10-13(8-21-25)11-26-12-16(9-22-26)23-19(27)18-7-17(24-28-18)14-4-3-5-15(20)6-14/h3-6,8-10,12,18H,2,7,11H2,1H3,(H,23,27). The summed E-state index contributed by atoms with van der Waals surface area (Å²) in [6.07, 6.45) is 6.97. The third-order valence-corrected chi connectivity index (χ3v) is 4.87. The molecule has 0 bridgehead atoms. The van der Waals surface area contributed by atoms with Crippen LogP contribution in [0, 0.1) is 0 Å². The van der Waals surface area contributed by atoms with Crippen LogP contribution in [0.25, 0.3) is 0 Å². The van der Waals surface area contributed by atoms with Crippen molar-refractivity contribution in [2.24, 2.45) is 5.16 Å². The molecule has 0 aliphatic carbocycles. The molecule has 0 radical (unpaired) electrons. The number of rotatable bonds is 6. The molecule has 1 unspecified atom stereocenters. The van der Waals surface area contributed by atoms with E-state index >= 15 is 0 Å². The van der Waals surface area contributed by atoms with Crippen LogP contribution in [0.15, 0.2) is 58.7 Å². The zero-order valence-electron chi connectivity index (χ0n) is 15.2. The summed E-state index contributed by atoms with van der Waals surface area (Å²) in [5.41, 5.74) is 3.36. The third kappa shape index (κ3) is 4.14. The molecule has 1 amide bonds. The van der Waals surface area contributed by atoms with Gasteiger partial charge in [0.05, 0.1) is 30.3 Å². The van der Waals surface area contributed by atoms with Crippen molar-refractivity contribution in [1.29, 1.82) is 0 Å². The van der Waals surface area contributed by atoms with E-state index in [0.29, 0.717) is 18.7 Å². The highest BCUT2D eigenvalue weighted by atomic mass is 79.9. The maximum Gasteiger partial charge on any atom is 0.268 e. The quantitative estimate of drug-likeness (QED) is 0.635. The van der Waals surface area contributed by atoms with Crippen LogP contribution >= 0.6 is 15.9 Å². The van der Waals surface area contributed by atoms with Crippen LogP contribution in [0.1, 0.15) is 24.5 Å². The van der Waals surface area contributed by atoms with Crippen LogP contribution in [0.3, 0.4) is 0 Å². The van der Waals surface area contributed by atoms with E-state index in [1.807, 2.05) is 48.3 Å². The Labute approximate surface area is 170 Å². The van der Waals surface area contributed by atoms with Gasteiger partial charge in [-0.2, -0.15) is 10.2 Å². The molecule has 0 saturated carbocycles. The van der Waals surface area contributed by atoms with Gasteiger partial charge in [-0.05, 0) is 19.1 Å². The fraction of sp³-hybridized carbons (Fsp3) is 0.263. The minimum absolute atomic E-state index is 0.243. The van der Waals surface area contributed by atoms with Crippen molar-refractivity contribution in [3.63, 3.8) is 0 Å². The van der Waals surface area contributed by atoms with E-state index in [4.69, 9.17) is 4.84 Å². The number of nitrogens with zero attached hydrogens (tertiary/aromatic N) is 5. The largest absolute Gasteiger partial charge is 0.382 e. The molecule has 0 fully saturated rings. The van der Waals surface area contributed by atoms with E-state index in [-0.39, 0.29) is 5.91 Å². The number of amides is 1. The number of hydrogen-bond donors (Lipinski definition) is 1. The molecule has 0 spiro atoms. The second kappa shape index (κ2) is 7.97. The Balaban J connectivity index is 1.34. The Kier molecular flexibility index (Phi) is 5.25. The second-order valence-electron chi connectivity index (χ2n) is 6.47. The first kappa shape index (κ1) is 18.4. The summed E-state index contributed by atoms with van der Waals surface area (Å²) >= 11 is 3.44. The highest BCUT2D eigenvalue weighted by Crippen LogP contribution is 2.21. The van der Waals surface area contributed by atoms with Crippen molar-refractivity contribution in [2.75, 3.05) is 5.32 Å². The molecule has 3 aromatic rings. The van der Waals surface area contributed by atoms with Gasteiger partial charge in [0.2, 0.25) is 6.10 Å². The molecule has 0 saturated heterocycles. The van der Waals surface area contributed by atoms with E-state index in [1.165, 1.54) is 0 Å². The second-order valence-corrected chi connectivity index (χ2v) is 7.38. The molecule has 4 rings (SSSR count). The van der Waals surface area contributed by atoms with Crippen molar-refractivity contribution in [2.45, 2.75) is 32.5 Å². The molecule has 1 aromatic carbocycles. The molecule has 1 aliphatic heterocycles. The predicted molar refractivity (Wildman–Crippen MR) is 108 cm³/mol. The average Bonchev–Trinajstić information content (AvgIpc) is 3.43. The third-order valence-electron chi connectivity index (χ3n) is 4.38. The van der Waals surface area contributed by atoms with Crippen molar-refractivity contribution < 1.29 is 9.63 Å². The van der Waals surface area contributed by atoms with Gasteiger partial charge in [-0.25, -0.2) is 0 Å². The lowest BCUT2D eigenvalue weighted by Crippen LogP contribution is -2.27. The lowest BCUT2D eigenvalue weighted by atomic mass is 10.0. The zero-order valence-corrected chi connectivity index (χ0v) is 16.8. The van der Waals surface area contributed by atoms with Crippen molar-refractivity contribution in [3.05, 3.63) is 64.7 Å². The molecule has 1 aliphatic rings. The van der Waals surface area contributed by atoms with E-state index in [2.05, 4.69) is 36.6 Å². The van der Waals surface area contributed by atoms with Gasteiger partial charge in [0.25, 0.3) is 5.91 Å². The fourth-order valence-electron chi connectivity index (χ4n) is 2.94. The Hall–Kier alpha value is -2.94. The Morgan fingerprint density at radius 3 is 2.93 bits per heavy atom. The number of carbonyl (C=O) groups is 1. The number of aromatic nitrogens is 4. The molecule has 1 atom stereocenters. The molecule has 3 heterocycles. The molecule has 2 aromatic heterocycles. The Morgan fingerprint density at radius 2 is 2.14 bits per heavy atom. The summed E-state index contributed by atoms with van der Waals surface area (Å²) in [5.74, 6) is -0.243. The topological polar surface area (TPSA) is 86.3 Å². The highest BCUT2D eigenvalue weighted by molar-refractivity contribution is 9.10. The Morgan fingerprint density at radius 1 is 1.29 bits per heavy atom. The van der Waals surface area contributed by atoms with Gasteiger partial charge < -0.3 is 10.2 Å². The lowest BCUT2D eigenvalue weighted by Gasteiger charge is -2.07. The molecule has 28 heavy (non-hydrogen) atoms. The number of hydrogen-bond acceptors (Lipinski definition) is 5. The minimum atomic E-state index is -0.653. The molecule has 1 N–H and O–H groups in total. The van der Waals surface area contributed by atoms with Crippen LogP contribution in [0.4, 0.5) is 5.69 Å². The van der Waals surface area contributed by atoms with E-state index in [9.17, 15) is 4.79 Å². The number of anilines is 1. The summed E-state index contributed by atoms with van der Waals surface area (Å²) in [6, 6.07) is 7.76. The molecule has 9 heteroatoms. The van der Waals surface area contributed by atoms with Crippen molar-refractivity contribution in [1.82, 2.24) is 19.6 Å². The van der Waals surface area contributed by atoms with E-state index in [1.54, 1.807) is 17.1 Å². The molecular weight excluding hydrogens is 424 g/mol. The number of oxime groups is 1. The summed E-state index contributed by atoms with van der Waals surface area (Å²) in [6.45, 7) is 3.45. The monoisotopic (exact) mass is 442 g/mol. The molecule has 144 valence electrons. The fourth-order valence-corrected chi connectivity index (χ4v) is 3.34. The normalized spacial score (nSPS) is 15.9. The zero-order chi connectivity index (χ0) is 19.5. The minimum Gasteiger partial charge on any atom is -0.382 e. The van der Waals surface area contributed by atoms with Crippen molar-refractivity contribution >= 4 is 33.2 Å². The first-order valence-electron chi connectivity index (χ1n) is 8.94. The Bertz CT molecular complexity index is 1020. The van der Waals surface area contributed by atoms with E-state index < -0.39 is 6.10 Å². The number of benzene rings is 1. The SMILES string of the molecule is CCn1cc(Cn2cc(NC(=O)C3CC(c4cccc(Br)c4)=NO3)cn2)cn1. The smallest absolute Gasteiger partial charge is 0.268 e. The maximum atomic E-state index is 12.5. The highest BCUT2D eigenvalue weighted by Gasteiger charge is 2.29. The average molecular weight is 443 g/mol. The van der Waals surface area contributed by atoms with Crippen LogP contribution in [0.5, 0.6) is 0 Å². The maximum absolute atomic E-state index is 12.5. The first-order chi connectivity index (χ1) is 13.6. The van der Waals surface area contributed by atoms with Gasteiger partial charge >= 0.3 is 0 Å². The van der Waals surface area contributed by atoms with Gasteiger partial charge in [-0.15, -0.1) is 0 Å². The van der Waals surface area contributed by atoms with E-state index in [0.717, 1.165) is 27.9 Å². The van der Waals surface area contributed by atoms with Gasteiger partial charge in [0.15, 0.2) is 0 Å². The van der Waals surface area contributed by atoms with Gasteiger partial charge in [0, 0.05) is 41.0 Å². The van der Waals surface area contributed by atoms with Gasteiger partial charge in [-0.3, -0.25) is 14.2 Å². The molecular formula is C19H19BrN6O2. The van der Waals surface area contributed by atoms with Crippen LogP contribution in [-0.4, -0.2) is 37.3 Å². The summed E-state index contributed by atoms with van der Waals surface area (Å²) in [7, 11) is 0. The van der Waals surface area contributed by atoms with Crippen LogP contribution in [0.2, 0.25) is 0 Å². The predicted octanol–water partition coefficient (Wildman–Crippen LogP) is 3.04. The van der Waals surface area contributed by atoms with Crippen molar-refractivity contribution in [3.8, 4) is 0 Å². The number of aryl methyl sites for hydroxylation is 1. The number of carbonyl (C=O) groups excluding carboxylic acids is 1. The summed E-state index contributed by atoms with van der Waals surface area (Å²) < 4.78 is 4.57. The molecule has 8 nitrogen and oxygen atoms in total. The first-order valence-corrected chi connectivity index (χ1v) is 9.73. The summed E-state index contributed by atoms with van der Waals surface area (Å²) in [4.78, 5) is 17.8. The number of halogens is 1.